The van der Waals surface area contributed by atoms with Gasteiger partial charge in [-0.05, 0) is 41.8 Å². The van der Waals surface area contributed by atoms with Crippen LogP contribution in [0.25, 0.3) is 0 Å². The van der Waals surface area contributed by atoms with Gasteiger partial charge in [0, 0.05) is 5.92 Å². The molecule has 2 aromatic carbocycles. The fourth-order valence-electron chi connectivity index (χ4n) is 2.36. The zero-order valence-corrected chi connectivity index (χ0v) is 11.9. The molecule has 0 spiro atoms. The monoisotopic (exact) mass is 301 g/mol. The fraction of sp³-hybridized carbons (Fsp3) is 0.235. The summed E-state index contributed by atoms with van der Waals surface area (Å²) in [6.07, 6.45) is -0.0335. The summed E-state index contributed by atoms with van der Waals surface area (Å²) in [6, 6.07) is 13.9. The van der Waals surface area contributed by atoms with Crippen LogP contribution in [0, 0.1) is 5.82 Å². The van der Waals surface area contributed by atoms with Gasteiger partial charge in [-0.2, -0.15) is 0 Å². The molecule has 3 rings (SSSR count). The van der Waals surface area contributed by atoms with E-state index in [1.807, 2.05) is 24.3 Å². The zero-order valence-electron chi connectivity index (χ0n) is 11.9. The van der Waals surface area contributed by atoms with Crippen molar-refractivity contribution in [3.63, 3.8) is 0 Å². The van der Waals surface area contributed by atoms with Crippen LogP contribution in [0.3, 0.4) is 0 Å². The first kappa shape index (κ1) is 14.4. The number of amides is 1. The maximum atomic E-state index is 12.8. The Bertz CT molecular complexity index is 655. The van der Waals surface area contributed by atoms with Crippen molar-refractivity contribution in [2.75, 3.05) is 0 Å². The number of ether oxygens (including phenoxy) is 2. The lowest BCUT2D eigenvalue weighted by Gasteiger charge is -2.07. The van der Waals surface area contributed by atoms with Gasteiger partial charge < -0.3 is 15.2 Å². The second-order valence-corrected chi connectivity index (χ2v) is 5.30. The summed E-state index contributed by atoms with van der Waals surface area (Å²) in [5.74, 6) is 0.699. The number of hydrogen-bond acceptors (Lipinski definition) is 3. The molecule has 2 unspecified atom stereocenters. The van der Waals surface area contributed by atoms with Crippen LogP contribution in [0.5, 0.6) is 5.75 Å². The summed E-state index contributed by atoms with van der Waals surface area (Å²) in [5.41, 5.74) is 7.00. The van der Waals surface area contributed by atoms with Gasteiger partial charge in [-0.3, -0.25) is 0 Å². The van der Waals surface area contributed by atoms with E-state index in [0.29, 0.717) is 6.61 Å². The Morgan fingerprint density at radius 2 is 1.82 bits per heavy atom. The van der Waals surface area contributed by atoms with Crippen LogP contribution in [-0.2, 0) is 11.3 Å². The molecule has 5 heteroatoms. The second-order valence-electron chi connectivity index (χ2n) is 5.30. The molecule has 114 valence electrons. The summed E-state index contributed by atoms with van der Waals surface area (Å²) < 4.78 is 23.4. The maximum absolute atomic E-state index is 12.8. The highest BCUT2D eigenvalue weighted by atomic mass is 19.1. The van der Waals surface area contributed by atoms with Crippen molar-refractivity contribution in [1.29, 1.82) is 0 Å². The molecule has 1 fully saturated rings. The highest BCUT2D eigenvalue weighted by Gasteiger charge is 2.41. The average Bonchev–Trinajstić information content (AvgIpc) is 3.25. The lowest BCUT2D eigenvalue weighted by molar-refractivity contribution is 0.147. The summed E-state index contributed by atoms with van der Waals surface area (Å²) in [4.78, 5) is 10.7. The molecule has 0 radical (unpaired) electrons. The van der Waals surface area contributed by atoms with E-state index in [9.17, 15) is 9.18 Å². The molecule has 1 aliphatic carbocycles. The Morgan fingerprint density at radius 1 is 1.14 bits per heavy atom. The number of primary amides is 1. The van der Waals surface area contributed by atoms with E-state index in [4.69, 9.17) is 15.2 Å². The lowest BCUT2D eigenvalue weighted by atomic mass is 10.1. The van der Waals surface area contributed by atoms with Gasteiger partial charge in [0.25, 0.3) is 0 Å². The highest BCUT2D eigenvalue weighted by molar-refractivity contribution is 5.65. The molecular formula is C17H16FNO3. The third-order valence-corrected chi connectivity index (χ3v) is 3.63. The standard InChI is InChI=1S/C17H16FNO3/c18-13-5-1-11(2-6-13)10-21-14-7-3-12(4-8-14)15-9-16(15)22-17(19)20/h1-8,15-16H,9-10H2,(H2,19,20). The minimum absolute atomic E-state index is 0.108. The van der Waals surface area contributed by atoms with Gasteiger partial charge >= 0.3 is 6.09 Å². The van der Waals surface area contributed by atoms with Crippen molar-refractivity contribution in [2.45, 2.75) is 25.0 Å². The molecule has 0 saturated heterocycles. The van der Waals surface area contributed by atoms with Crippen molar-refractivity contribution in [1.82, 2.24) is 0 Å². The lowest BCUT2D eigenvalue weighted by Crippen LogP contribution is -2.14. The smallest absolute Gasteiger partial charge is 0.404 e. The zero-order chi connectivity index (χ0) is 15.5. The first-order valence-corrected chi connectivity index (χ1v) is 7.05. The first-order valence-electron chi connectivity index (χ1n) is 7.05. The van der Waals surface area contributed by atoms with Gasteiger partial charge in [-0.1, -0.05) is 24.3 Å². The fourth-order valence-corrected chi connectivity index (χ4v) is 2.36. The SMILES string of the molecule is NC(=O)OC1CC1c1ccc(OCc2ccc(F)cc2)cc1. The maximum Gasteiger partial charge on any atom is 0.404 e. The number of benzene rings is 2. The minimum atomic E-state index is -0.730. The largest absolute Gasteiger partial charge is 0.489 e. The van der Waals surface area contributed by atoms with Crippen LogP contribution in [0.15, 0.2) is 48.5 Å². The predicted molar refractivity (Wildman–Crippen MR) is 79.0 cm³/mol. The molecule has 2 atom stereocenters. The van der Waals surface area contributed by atoms with Crippen LogP contribution >= 0.6 is 0 Å². The normalized spacial score (nSPS) is 19.5. The number of nitrogens with two attached hydrogens (primary N) is 1. The van der Waals surface area contributed by atoms with Gasteiger partial charge in [0.15, 0.2) is 0 Å². The number of carbonyl (C=O) groups is 1. The molecule has 0 aliphatic heterocycles. The van der Waals surface area contributed by atoms with Gasteiger partial charge in [-0.25, -0.2) is 9.18 Å². The number of carbonyl (C=O) groups excluding carboxylic acids is 1. The van der Waals surface area contributed by atoms with Gasteiger partial charge in [0.2, 0.25) is 0 Å². The van der Waals surface area contributed by atoms with E-state index in [2.05, 4.69) is 0 Å². The Hall–Kier alpha value is -2.56. The quantitative estimate of drug-likeness (QED) is 0.921. The van der Waals surface area contributed by atoms with Crippen LogP contribution in [0.2, 0.25) is 0 Å². The first-order chi connectivity index (χ1) is 10.6. The molecular weight excluding hydrogens is 285 g/mol. The minimum Gasteiger partial charge on any atom is -0.489 e. The van der Waals surface area contributed by atoms with E-state index >= 15 is 0 Å². The van der Waals surface area contributed by atoms with E-state index in [0.717, 1.165) is 23.3 Å². The molecule has 0 aromatic heterocycles. The molecule has 0 heterocycles. The van der Waals surface area contributed by atoms with Gasteiger partial charge in [-0.15, -0.1) is 0 Å². The molecule has 1 saturated carbocycles. The summed E-state index contributed by atoms with van der Waals surface area (Å²) in [5, 5.41) is 0. The van der Waals surface area contributed by atoms with E-state index in [1.54, 1.807) is 12.1 Å². The molecule has 0 bridgehead atoms. The Kier molecular flexibility index (Phi) is 3.96. The van der Waals surface area contributed by atoms with Crippen molar-refractivity contribution in [2.24, 2.45) is 5.73 Å². The van der Waals surface area contributed by atoms with Crippen LogP contribution in [0.1, 0.15) is 23.5 Å². The molecule has 2 aromatic rings. The van der Waals surface area contributed by atoms with E-state index < -0.39 is 6.09 Å². The molecule has 1 aliphatic rings. The molecule has 2 N–H and O–H groups in total. The Labute approximate surface area is 127 Å². The van der Waals surface area contributed by atoms with Crippen molar-refractivity contribution in [3.05, 3.63) is 65.5 Å². The molecule has 4 nitrogen and oxygen atoms in total. The third kappa shape index (κ3) is 3.55. The van der Waals surface area contributed by atoms with E-state index in [-0.39, 0.29) is 17.8 Å². The summed E-state index contributed by atoms with van der Waals surface area (Å²) in [6.45, 7) is 0.385. The predicted octanol–water partition coefficient (Wildman–Crippen LogP) is 3.36. The summed E-state index contributed by atoms with van der Waals surface area (Å²) >= 11 is 0. The Morgan fingerprint density at radius 3 is 2.45 bits per heavy atom. The number of halogens is 1. The van der Waals surface area contributed by atoms with Gasteiger partial charge in [0.05, 0.1) is 0 Å². The van der Waals surface area contributed by atoms with Crippen molar-refractivity contribution in [3.8, 4) is 5.75 Å². The molecule has 22 heavy (non-hydrogen) atoms. The summed E-state index contributed by atoms with van der Waals surface area (Å²) in [7, 11) is 0. The van der Waals surface area contributed by atoms with Crippen LogP contribution in [-0.4, -0.2) is 12.2 Å². The van der Waals surface area contributed by atoms with Crippen molar-refractivity contribution >= 4 is 6.09 Å². The Balaban J connectivity index is 1.54. The third-order valence-electron chi connectivity index (χ3n) is 3.63. The van der Waals surface area contributed by atoms with Crippen LogP contribution in [0.4, 0.5) is 9.18 Å². The average molecular weight is 301 g/mol. The molecule has 1 amide bonds. The highest BCUT2D eigenvalue weighted by Crippen LogP contribution is 2.43. The topological polar surface area (TPSA) is 61.6 Å². The second kappa shape index (κ2) is 6.05. The van der Waals surface area contributed by atoms with E-state index in [1.165, 1.54) is 12.1 Å². The van der Waals surface area contributed by atoms with Crippen molar-refractivity contribution < 1.29 is 18.7 Å². The number of rotatable bonds is 5. The van der Waals surface area contributed by atoms with Gasteiger partial charge in [0.1, 0.15) is 24.3 Å². The van der Waals surface area contributed by atoms with Crippen LogP contribution < -0.4 is 10.5 Å². The number of hydrogen-bond donors (Lipinski definition) is 1.